The summed E-state index contributed by atoms with van der Waals surface area (Å²) in [6.07, 6.45) is -5.57. The molecule has 44 heavy (non-hydrogen) atoms. The highest BCUT2D eigenvalue weighted by molar-refractivity contribution is 6.49. The Balaban J connectivity index is 1.42. The van der Waals surface area contributed by atoms with Crippen LogP contribution in [-0.2, 0) is 58.7 Å². The highest BCUT2D eigenvalue weighted by atomic mass is 35.5. The number of ether oxygens (including phenoxy) is 11. The average Bonchev–Trinajstić information content (AvgIpc) is 3.58. The molecule has 6 rings (SSSR count). The number of alkyl halides is 2. The van der Waals surface area contributed by atoms with Crippen LogP contribution in [0.3, 0.4) is 0 Å². The SMILES string of the molecule is COC(OC)[C@]1(C(O[C@@H]2O[C@H]3[C@@H]4OC(C)(C)O[C@]4(CC3(Cl)Cl)[C@H]2OCc2ccccc2)[C@H]2COC(C)(C)O2)COC(C)(C)O1. The number of rotatable bonds is 10. The minimum Gasteiger partial charge on any atom is -0.365 e. The molecule has 0 radical (unpaired) electrons. The third kappa shape index (κ3) is 5.85. The van der Waals surface area contributed by atoms with Crippen LogP contribution in [0.15, 0.2) is 30.3 Å². The van der Waals surface area contributed by atoms with Crippen LogP contribution >= 0.6 is 23.2 Å². The largest absolute Gasteiger partial charge is 0.365 e. The Morgan fingerprint density at radius 1 is 0.864 bits per heavy atom. The van der Waals surface area contributed by atoms with E-state index >= 15 is 0 Å². The van der Waals surface area contributed by atoms with Crippen LogP contribution in [0.1, 0.15) is 53.5 Å². The van der Waals surface area contributed by atoms with Crippen molar-refractivity contribution in [3.63, 3.8) is 0 Å². The predicted molar refractivity (Wildman–Crippen MR) is 157 cm³/mol. The molecule has 4 aliphatic heterocycles. The molecule has 5 aliphatic rings. The van der Waals surface area contributed by atoms with Crippen molar-refractivity contribution in [3.05, 3.63) is 35.9 Å². The maximum absolute atomic E-state index is 7.01. The first-order chi connectivity index (χ1) is 20.6. The molecule has 11 nitrogen and oxygen atoms in total. The summed E-state index contributed by atoms with van der Waals surface area (Å²) in [5.74, 6) is -2.82. The molecule has 2 bridgehead atoms. The molecule has 1 unspecified atom stereocenters. The first-order valence-corrected chi connectivity index (χ1v) is 15.7. The first-order valence-electron chi connectivity index (χ1n) is 15.0. The third-order valence-corrected chi connectivity index (χ3v) is 9.55. The van der Waals surface area contributed by atoms with Gasteiger partial charge in [0.2, 0.25) is 0 Å². The highest BCUT2D eigenvalue weighted by Gasteiger charge is 2.77. The van der Waals surface area contributed by atoms with Crippen molar-refractivity contribution in [2.24, 2.45) is 0 Å². The van der Waals surface area contributed by atoms with Crippen molar-refractivity contribution in [1.82, 2.24) is 0 Å². The smallest absolute Gasteiger partial charge is 0.191 e. The Morgan fingerprint density at radius 2 is 1.57 bits per heavy atom. The lowest BCUT2D eigenvalue weighted by molar-refractivity contribution is -0.354. The summed E-state index contributed by atoms with van der Waals surface area (Å²) in [6.45, 7) is 11.5. The highest BCUT2D eigenvalue weighted by Crippen LogP contribution is 2.61. The second-order valence-corrected chi connectivity index (χ2v) is 15.1. The molecule has 0 amide bonds. The van der Waals surface area contributed by atoms with Crippen LogP contribution in [-0.4, -0.2) is 103 Å². The average molecular weight is 664 g/mol. The second-order valence-electron chi connectivity index (χ2n) is 13.5. The first kappa shape index (κ1) is 33.3. The monoisotopic (exact) mass is 662 g/mol. The van der Waals surface area contributed by atoms with Crippen molar-refractivity contribution in [2.75, 3.05) is 27.4 Å². The van der Waals surface area contributed by atoms with Crippen molar-refractivity contribution in [2.45, 2.75) is 131 Å². The van der Waals surface area contributed by atoms with Crippen LogP contribution in [0.25, 0.3) is 0 Å². The molecule has 248 valence electrons. The summed E-state index contributed by atoms with van der Waals surface area (Å²) in [5, 5.41) is 0. The quantitative estimate of drug-likeness (QED) is 0.262. The van der Waals surface area contributed by atoms with Gasteiger partial charge >= 0.3 is 0 Å². The van der Waals surface area contributed by atoms with Gasteiger partial charge in [-0.2, -0.15) is 0 Å². The molecular weight excluding hydrogens is 619 g/mol. The normalized spacial score (nSPS) is 40.4. The van der Waals surface area contributed by atoms with E-state index in [1.54, 1.807) is 0 Å². The zero-order valence-corrected chi connectivity index (χ0v) is 28.0. The molecule has 8 atom stereocenters. The fourth-order valence-corrected chi connectivity index (χ4v) is 8.08. The summed E-state index contributed by atoms with van der Waals surface area (Å²) >= 11 is 13.9. The van der Waals surface area contributed by atoms with Crippen molar-refractivity contribution in [3.8, 4) is 0 Å². The van der Waals surface area contributed by atoms with Gasteiger partial charge in [-0.15, -0.1) is 0 Å². The Hall–Kier alpha value is -0.640. The van der Waals surface area contributed by atoms with E-state index in [2.05, 4.69) is 0 Å². The molecule has 1 aromatic carbocycles. The van der Waals surface area contributed by atoms with E-state index in [0.29, 0.717) is 0 Å². The maximum atomic E-state index is 7.01. The van der Waals surface area contributed by atoms with Crippen LogP contribution in [0.2, 0.25) is 0 Å². The molecule has 1 saturated carbocycles. The van der Waals surface area contributed by atoms with Gasteiger partial charge in [0.05, 0.1) is 19.8 Å². The topological polar surface area (TPSA) is 102 Å². The van der Waals surface area contributed by atoms with Gasteiger partial charge in [-0.1, -0.05) is 53.5 Å². The number of hydrogen-bond donors (Lipinski definition) is 0. The minimum absolute atomic E-state index is 0.0678. The standard InChI is InChI=1S/C31H44Cl2O11/c1-26(2)37-15-19(41-26)20(30(25(34-7)35-8)17-38-27(3,4)43-30)39-24-23(36-14-18-12-10-9-11-13-18)29-16-31(32,33)22(40-24)21(29)42-28(5,6)44-29/h9-13,19-25H,14-17H2,1-8H3/t19-,20?,21+,22+,23+,24-,29+,30-/m1/s1. The third-order valence-electron chi connectivity index (χ3n) is 8.85. The lowest BCUT2D eigenvalue weighted by Gasteiger charge is -2.48. The van der Waals surface area contributed by atoms with Crippen LogP contribution in [0.4, 0.5) is 0 Å². The van der Waals surface area contributed by atoms with Crippen molar-refractivity contribution < 1.29 is 52.1 Å². The van der Waals surface area contributed by atoms with Gasteiger partial charge in [0.15, 0.2) is 35.5 Å². The summed E-state index contributed by atoms with van der Waals surface area (Å²) in [7, 11) is 3.07. The van der Waals surface area contributed by atoms with E-state index < -0.39 is 76.0 Å². The fourth-order valence-electron chi connectivity index (χ4n) is 7.33. The Bertz CT molecular complexity index is 1180. The van der Waals surface area contributed by atoms with Gasteiger partial charge in [-0.05, 0) is 47.1 Å². The molecule has 0 aromatic heterocycles. The van der Waals surface area contributed by atoms with Gasteiger partial charge in [-0.25, -0.2) is 0 Å². The van der Waals surface area contributed by atoms with E-state index in [1.807, 2.05) is 71.9 Å². The van der Waals surface area contributed by atoms with E-state index in [1.165, 1.54) is 14.2 Å². The molecular formula is C31H44Cl2O11. The lowest BCUT2D eigenvalue weighted by Crippen LogP contribution is -2.67. The van der Waals surface area contributed by atoms with Crippen LogP contribution in [0.5, 0.6) is 0 Å². The Labute approximate surface area is 268 Å². The molecule has 1 aliphatic carbocycles. The second kappa shape index (κ2) is 11.5. The molecule has 1 aromatic rings. The summed E-state index contributed by atoms with van der Waals surface area (Å²) in [4.78, 5) is 0. The lowest BCUT2D eigenvalue weighted by atomic mass is 9.88. The summed E-state index contributed by atoms with van der Waals surface area (Å²) < 4.78 is 68.8. The van der Waals surface area contributed by atoms with Crippen molar-refractivity contribution >= 4 is 23.2 Å². The predicted octanol–water partition coefficient (Wildman–Crippen LogP) is 4.44. The number of halogens is 2. The zero-order valence-electron chi connectivity index (χ0n) is 26.5. The molecule has 4 heterocycles. The molecule has 0 spiro atoms. The van der Waals surface area contributed by atoms with E-state index in [4.69, 9.17) is 75.3 Å². The fraction of sp³-hybridized carbons (Fsp3) is 0.806. The molecule has 5 fully saturated rings. The molecule has 4 saturated heterocycles. The van der Waals surface area contributed by atoms with Crippen LogP contribution < -0.4 is 0 Å². The molecule has 13 heteroatoms. The number of methoxy groups -OCH3 is 2. The Kier molecular flexibility index (Phi) is 8.70. The number of benzene rings is 1. The van der Waals surface area contributed by atoms with Gasteiger partial charge < -0.3 is 52.1 Å². The van der Waals surface area contributed by atoms with Crippen LogP contribution in [0, 0.1) is 0 Å². The minimum atomic E-state index is -1.34. The zero-order chi connectivity index (χ0) is 31.8. The number of hydrogen-bond acceptors (Lipinski definition) is 11. The summed E-state index contributed by atoms with van der Waals surface area (Å²) in [6, 6.07) is 9.81. The van der Waals surface area contributed by atoms with E-state index in [9.17, 15) is 0 Å². The van der Waals surface area contributed by atoms with Gasteiger partial charge in [0.25, 0.3) is 0 Å². The van der Waals surface area contributed by atoms with Gasteiger partial charge in [0.1, 0.15) is 40.5 Å². The molecule has 0 N–H and O–H groups in total. The van der Waals surface area contributed by atoms with Crippen molar-refractivity contribution in [1.29, 1.82) is 0 Å². The van der Waals surface area contributed by atoms with E-state index in [0.717, 1.165) is 5.56 Å². The van der Waals surface area contributed by atoms with Gasteiger partial charge in [-0.3, -0.25) is 0 Å². The summed E-state index contributed by atoms with van der Waals surface area (Å²) in [5.41, 5.74) is -1.45. The van der Waals surface area contributed by atoms with E-state index in [-0.39, 0.29) is 26.2 Å². The Morgan fingerprint density at radius 3 is 2.16 bits per heavy atom. The van der Waals surface area contributed by atoms with Gasteiger partial charge in [0, 0.05) is 20.6 Å². The maximum Gasteiger partial charge on any atom is 0.191 e.